The summed E-state index contributed by atoms with van der Waals surface area (Å²) in [5.74, 6) is 5.43. The second-order valence-corrected chi connectivity index (χ2v) is 2.71. The molecular weight excluding hydrogens is 186 g/mol. The standard InChI is InChI=1S/C10H6ClNO/c11-9-7-8(3-1-2-6-12)4-5-10(9)13/h4-5,7,13H,2H2. The van der Waals surface area contributed by atoms with Crippen molar-refractivity contribution < 1.29 is 5.11 Å². The molecule has 13 heavy (non-hydrogen) atoms. The quantitative estimate of drug-likeness (QED) is 0.640. The predicted octanol–water partition coefficient (Wildman–Crippen LogP) is 2.31. The summed E-state index contributed by atoms with van der Waals surface area (Å²) in [4.78, 5) is 0. The van der Waals surface area contributed by atoms with Crippen LogP contribution in [0.3, 0.4) is 0 Å². The van der Waals surface area contributed by atoms with Gasteiger partial charge in [0.05, 0.1) is 17.5 Å². The van der Waals surface area contributed by atoms with E-state index >= 15 is 0 Å². The fraction of sp³-hybridized carbons (Fsp3) is 0.100. The van der Waals surface area contributed by atoms with Gasteiger partial charge in [0.1, 0.15) is 5.75 Å². The highest BCUT2D eigenvalue weighted by atomic mass is 35.5. The summed E-state index contributed by atoms with van der Waals surface area (Å²) in [6.07, 6.45) is 0.193. The lowest BCUT2D eigenvalue weighted by Crippen LogP contribution is -1.74. The van der Waals surface area contributed by atoms with Crippen LogP contribution in [0, 0.1) is 23.2 Å². The molecule has 2 nitrogen and oxygen atoms in total. The number of phenolic OH excluding ortho intramolecular Hbond substituents is 1. The van der Waals surface area contributed by atoms with Gasteiger partial charge in [-0.05, 0) is 18.2 Å². The number of hydrogen-bond acceptors (Lipinski definition) is 2. The van der Waals surface area contributed by atoms with Crippen LogP contribution in [0.2, 0.25) is 5.02 Å². The minimum absolute atomic E-state index is 0.0347. The highest BCUT2D eigenvalue weighted by Gasteiger charge is 1.96. The Labute approximate surface area is 81.4 Å². The van der Waals surface area contributed by atoms with Gasteiger partial charge in [-0.1, -0.05) is 23.4 Å². The van der Waals surface area contributed by atoms with E-state index in [1.165, 1.54) is 6.07 Å². The molecule has 3 heteroatoms. The van der Waals surface area contributed by atoms with E-state index < -0.39 is 0 Å². The van der Waals surface area contributed by atoms with Crippen LogP contribution in [0.1, 0.15) is 12.0 Å². The van der Waals surface area contributed by atoms with Gasteiger partial charge in [0.2, 0.25) is 0 Å². The van der Waals surface area contributed by atoms with Gasteiger partial charge in [0.15, 0.2) is 0 Å². The van der Waals surface area contributed by atoms with Gasteiger partial charge in [-0.2, -0.15) is 5.26 Å². The Morgan fingerprint density at radius 2 is 2.23 bits per heavy atom. The van der Waals surface area contributed by atoms with E-state index in [9.17, 15) is 0 Å². The number of rotatable bonds is 0. The van der Waals surface area contributed by atoms with Crippen LogP contribution in [0.4, 0.5) is 0 Å². The molecule has 64 valence electrons. The van der Waals surface area contributed by atoms with Crippen molar-refractivity contribution in [3.8, 4) is 23.7 Å². The van der Waals surface area contributed by atoms with Crippen LogP contribution >= 0.6 is 11.6 Å². The molecule has 0 spiro atoms. The third-order valence-electron chi connectivity index (χ3n) is 1.35. The topological polar surface area (TPSA) is 44.0 Å². The number of aromatic hydroxyl groups is 1. The summed E-state index contributed by atoms with van der Waals surface area (Å²) in [5.41, 5.74) is 0.693. The van der Waals surface area contributed by atoms with Crippen molar-refractivity contribution in [1.82, 2.24) is 0 Å². The van der Waals surface area contributed by atoms with Crippen LogP contribution in [0.15, 0.2) is 18.2 Å². The summed E-state index contributed by atoms with van der Waals surface area (Å²) >= 11 is 5.64. The predicted molar refractivity (Wildman–Crippen MR) is 50.2 cm³/mol. The lowest BCUT2D eigenvalue weighted by molar-refractivity contribution is 0.475. The smallest absolute Gasteiger partial charge is 0.134 e. The Balaban J connectivity index is 2.89. The fourth-order valence-electron chi connectivity index (χ4n) is 0.770. The second-order valence-electron chi connectivity index (χ2n) is 2.30. The van der Waals surface area contributed by atoms with E-state index in [0.717, 1.165) is 0 Å². The minimum Gasteiger partial charge on any atom is -0.506 e. The monoisotopic (exact) mass is 191 g/mol. The first-order valence-corrected chi connectivity index (χ1v) is 3.96. The van der Waals surface area contributed by atoms with Crippen LogP contribution in [-0.4, -0.2) is 5.11 Å². The van der Waals surface area contributed by atoms with Crippen molar-refractivity contribution >= 4 is 11.6 Å². The van der Waals surface area contributed by atoms with Gasteiger partial charge in [0, 0.05) is 5.56 Å². The van der Waals surface area contributed by atoms with Crippen LogP contribution in [-0.2, 0) is 0 Å². The average Bonchev–Trinajstić information content (AvgIpc) is 2.12. The molecule has 0 atom stereocenters. The molecule has 0 aliphatic rings. The van der Waals surface area contributed by atoms with Gasteiger partial charge < -0.3 is 5.11 Å². The SMILES string of the molecule is N#CCC#Cc1ccc(O)c(Cl)c1. The molecule has 0 radical (unpaired) electrons. The Hall–Kier alpha value is -1.64. The summed E-state index contributed by atoms with van der Waals surface area (Å²) < 4.78 is 0. The first-order chi connectivity index (χ1) is 6.24. The zero-order chi connectivity index (χ0) is 9.68. The lowest BCUT2D eigenvalue weighted by Gasteiger charge is -1.95. The van der Waals surface area contributed by atoms with Crippen LogP contribution in [0.25, 0.3) is 0 Å². The molecule has 0 heterocycles. The maximum absolute atomic E-state index is 9.08. The highest BCUT2D eigenvalue weighted by molar-refractivity contribution is 6.32. The molecule has 0 bridgehead atoms. The average molecular weight is 192 g/mol. The van der Waals surface area contributed by atoms with Gasteiger partial charge >= 0.3 is 0 Å². The van der Waals surface area contributed by atoms with E-state index in [4.69, 9.17) is 22.0 Å². The van der Waals surface area contributed by atoms with E-state index in [2.05, 4.69) is 11.8 Å². The first-order valence-electron chi connectivity index (χ1n) is 3.58. The number of phenols is 1. The van der Waals surface area contributed by atoms with Gasteiger partial charge in [-0.15, -0.1) is 0 Å². The molecule has 0 saturated carbocycles. The Morgan fingerprint density at radius 3 is 2.85 bits per heavy atom. The normalized spacial score (nSPS) is 8.31. The minimum atomic E-state index is 0.0347. The number of benzene rings is 1. The number of nitriles is 1. The molecule has 1 aromatic carbocycles. The maximum Gasteiger partial charge on any atom is 0.134 e. The lowest BCUT2D eigenvalue weighted by atomic mass is 10.2. The summed E-state index contributed by atoms with van der Waals surface area (Å²) in [6.45, 7) is 0. The molecule has 0 aliphatic heterocycles. The third-order valence-corrected chi connectivity index (χ3v) is 1.65. The molecule has 0 amide bonds. The van der Waals surface area contributed by atoms with E-state index in [-0.39, 0.29) is 17.2 Å². The third kappa shape index (κ3) is 2.71. The first kappa shape index (κ1) is 9.45. The largest absolute Gasteiger partial charge is 0.506 e. The Morgan fingerprint density at radius 1 is 1.46 bits per heavy atom. The van der Waals surface area contributed by atoms with E-state index in [0.29, 0.717) is 5.56 Å². The number of nitrogens with zero attached hydrogens (tertiary/aromatic N) is 1. The Kier molecular flexibility index (Phi) is 3.20. The van der Waals surface area contributed by atoms with Crippen molar-refractivity contribution in [2.24, 2.45) is 0 Å². The van der Waals surface area contributed by atoms with Crippen molar-refractivity contribution in [3.05, 3.63) is 28.8 Å². The second kappa shape index (κ2) is 4.40. The molecule has 0 fully saturated rings. The van der Waals surface area contributed by atoms with Gasteiger partial charge in [0.25, 0.3) is 0 Å². The molecule has 0 aromatic heterocycles. The van der Waals surface area contributed by atoms with Crippen molar-refractivity contribution in [3.63, 3.8) is 0 Å². The van der Waals surface area contributed by atoms with E-state index in [1.54, 1.807) is 12.1 Å². The Bertz CT molecular complexity index is 409. The molecule has 0 unspecified atom stereocenters. The van der Waals surface area contributed by atoms with Gasteiger partial charge in [-0.25, -0.2) is 0 Å². The number of halogens is 1. The molecule has 0 aliphatic carbocycles. The number of hydrogen-bond donors (Lipinski definition) is 1. The van der Waals surface area contributed by atoms with Crippen molar-refractivity contribution in [2.75, 3.05) is 0 Å². The summed E-state index contributed by atoms with van der Waals surface area (Å²) in [7, 11) is 0. The molecule has 0 saturated heterocycles. The summed E-state index contributed by atoms with van der Waals surface area (Å²) in [6, 6.07) is 6.58. The highest BCUT2D eigenvalue weighted by Crippen LogP contribution is 2.22. The molecular formula is C10H6ClNO. The molecule has 1 aromatic rings. The van der Waals surface area contributed by atoms with Crippen molar-refractivity contribution in [2.45, 2.75) is 6.42 Å². The van der Waals surface area contributed by atoms with Crippen LogP contribution < -0.4 is 0 Å². The molecule has 1 N–H and O–H groups in total. The van der Waals surface area contributed by atoms with Crippen molar-refractivity contribution in [1.29, 1.82) is 5.26 Å². The zero-order valence-corrected chi connectivity index (χ0v) is 7.47. The zero-order valence-electron chi connectivity index (χ0n) is 6.71. The molecule has 1 rings (SSSR count). The van der Waals surface area contributed by atoms with E-state index in [1.807, 2.05) is 6.07 Å². The van der Waals surface area contributed by atoms with Crippen LogP contribution in [0.5, 0.6) is 5.75 Å². The van der Waals surface area contributed by atoms with Gasteiger partial charge in [-0.3, -0.25) is 0 Å². The summed E-state index contributed by atoms with van der Waals surface area (Å²) in [5, 5.41) is 17.6. The maximum atomic E-state index is 9.08. The fourth-order valence-corrected chi connectivity index (χ4v) is 0.951.